The maximum Gasteiger partial charge on any atom is -1.00 e. The first-order valence-corrected chi connectivity index (χ1v) is 15.6. The molecule has 2 aliphatic carbocycles. The van der Waals surface area contributed by atoms with Crippen LogP contribution in [0.2, 0.25) is 0 Å². The molecule has 0 saturated heterocycles. The number of hydrogen-bond donors (Lipinski definition) is 0. The molecule has 0 bridgehead atoms. The van der Waals surface area contributed by atoms with Gasteiger partial charge in [0, 0.05) is 0 Å². The van der Waals surface area contributed by atoms with Crippen LogP contribution >= 0.6 is 0 Å². The molecule has 174 valence electrons. The quantitative estimate of drug-likeness (QED) is 0.349. The van der Waals surface area contributed by atoms with Crippen molar-refractivity contribution in [2.75, 3.05) is 0 Å². The van der Waals surface area contributed by atoms with Crippen LogP contribution in [0.3, 0.4) is 0 Å². The molecule has 0 heterocycles. The molecule has 0 aromatic heterocycles. The molecule has 0 spiro atoms. The minimum atomic E-state index is -2.38. The van der Waals surface area contributed by atoms with Crippen LogP contribution in [0.1, 0.15) is 51.3 Å². The van der Waals surface area contributed by atoms with Gasteiger partial charge < -0.3 is 24.8 Å². The van der Waals surface area contributed by atoms with Crippen molar-refractivity contribution >= 4 is 6.48 Å². The van der Waals surface area contributed by atoms with Gasteiger partial charge in [0.05, 0.1) is 0 Å². The average Bonchev–Trinajstić information content (AvgIpc) is 3.33. The standard InChI is InChI=1S/C13H9.C10H15.C8H8.2ClH.Zr/c1-3-7-12-10(5-1)9-11-6-2-4-8-13(11)12;1-7(2)10-6-8(3)5-9(10)4;1-2-8-6-4-3-5-7-8;;;/h1-5,7-8H,9H2;6-8H,1-4H3;3-7H,1H3;2*1H;/q;;;;;+2/p-2. The Bertz CT molecular complexity index is 1300. The summed E-state index contributed by atoms with van der Waals surface area (Å²) in [5, 5.41) is 0. The molecule has 0 nitrogen and oxygen atoms in total. The van der Waals surface area contributed by atoms with E-state index in [1.54, 1.807) is 26.5 Å². The minimum absolute atomic E-state index is 0. The van der Waals surface area contributed by atoms with Crippen LogP contribution in [0.15, 0.2) is 93.3 Å². The molecule has 0 aliphatic heterocycles. The van der Waals surface area contributed by atoms with Crippen LogP contribution in [0.5, 0.6) is 0 Å². The first-order valence-electron chi connectivity index (χ1n) is 11.9. The van der Waals surface area contributed by atoms with Gasteiger partial charge >= 0.3 is 202 Å². The van der Waals surface area contributed by atoms with Gasteiger partial charge in [0.2, 0.25) is 0 Å². The fourth-order valence-corrected chi connectivity index (χ4v) is 14.1. The van der Waals surface area contributed by atoms with E-state index in [0.717, 1.165) is 6.42 Å². The third kappa shape index (κ3) is 4.65. The number of halogens is 2. The fourth-order valence-electron chi connectivity index (χ4n) is 5.79. The van der Waals surface area contributed by atoms with Gasteiger partial charge in [-0.25, -0.2) is 0 Å². The normalized spacial score (nSPS) is 16.4. The molecule has 3 aromatic carbocycles. The molecule has 0 radical (unpaired) electrons. The minimum Gasteiger partial charge on any atom is -1.00 e. The Hall–Kier alpha value is -1.53. The molecule has 34 heavy (non-hydrogen) atoms. The summed E-state index contributed by atoms with van der Waals surface area (Å²) in [6.07, 6.45) is 3.64. The maximum atomic E-state index is 2.56. The van der Waals surface area contributed by atoms with E-state index in [0.29, 0.717) is 11.8 Å². The molecule has 0 amide bonds. The molecule has 0 saturated carbocycles. The Morgan fingerprint density at radius 2 is 1.50 bits per heavy atom. The van der Waals surface area contributed by atoms with Crippen molar-refractivity contribution in [3.63, 3.8) is 0 Å². The van der Waals surface area contributed by atoms with Gasteiger partial charge in [0.15, 0.2) is 0 Å². The average molecular weight is 567 g/mol. The van der Waals surface area contributed by atoms with Crippen molar-refractivity contribution in [1.29, 1.82) is 0 Å². The van der Waals surface area contributed by atoms with Gasteiger partial charge in [-0.2, -0.15) is 0 Å². The summed E-state index contributed by atoms with van der Waals surface area (Å²) >= 11 is -2.38. The number of allylic oxidation sites excluding steroid dienone is 4. The monoisotopic (exact) mass is 564 g/mol. The van der Waals surface area contributed by atoms with Crippen molar-refractivity contribution < 1.29 is 46.1 Å². The first kappa shape index (κ1) is 27.1. The molecule has 0 N–H and O–H groups in total. The van der Waals surface area contributed by atoms with Crippen molar-refractivity contribution in [3.8, 4) is 11.1 Å². The second kappa shape index (κ2) is 11.0. The summed E-state index contributed by atoms with van der Waals surface area (Å²) in [5.74, 6) is 1.13. The first-order chi connectivity index (χ1) is 15.5. The Labute approximate surface area is 225 Å². The summed E-state index contributed by atoms with van der Waals surface area (Å²) in [7, 11) is 0. The zero-order chi connectivity index (χ0) is 22.4. The zero-order valence-electron chi connectivity index (χ0n) is 20.6. The van der Waals surface area contributed by atoms with E-state index in [1.165, 1.54) is 22.3 Å². The Kier molecular flexibility index (Phi) is 8.78. The third-order valence-electron chi connectivity index (χ3n) is 7.32. The van der Waals surface area contributed by atoms with Crippen LogP contribution in [-0.2, 0) is 27.7 Å². The maximum absolute atomic E-state index is 2.56. The molecular formula is C31H32Cl2Zr. The van der Waals surface area contributed by atoms with Crippen molar-refractivity contribution in [2.24, 2.45) is 11.8 Å². The van der Waals surface area contributed by atoms with E-state index in [1.807, 2.05) is 0 Å². The van der Waals surface area contributed by atoms with E-state index in [2.05, 4.69) is 113 Å². The van der Waals surface area contributed by atoms with Gasteiger partial charge in [-0.15, -0.1) is 0 Å². The summed E-state index contributed by atoms with van der Waals surface area (Å²) in [5.41, 5.74) is 10.6. The summed E-state index contributed by atoms with van der Waals surface area (Å²) in [4.78, 5) is 0. The van der Waals surface area contributed by atoms with Crippen molar-refractivity contribution in [3.05, 3.63) is 110 Å². The number of rotatable bonds is 4. The van der Waals surface area contributed by atoms with Crippen molar-refractivity contribution in [2.45, 2.75) is 41.0 Å². The summed E-state index contributed by atoms with van der Waals surface area (Å²) in [6.45, 7) is 12.0. The zero-order valence-corrected chi connectivity index (χ0v) is 24.6. The Morgan fingerprint density at radius 1 is 0.853 bits per heavy atom. The molecule has 3 aromatic rings. The van der Waals surface area contributed by atoms with Gasteiger partial charge in [-0.1, -0.05) is 0 Å². The summed E-state index contributed by atoms with van der Waals surface area (Å²) < 4.78 is 5.11. The SMILES string of the molecule is CC1=[C](/[Zr+2](=[C](\C)c2ccccc2)[c]2cccc3c2Cc2ccccc2-3)C(C)C=C1C(C)C.[Cl-].[Cl-]. The third-order valence-corrected chi connectivity index (χ3v) is 15.7. The Morgan fingerprint density at radius 3 is 2.18 bits per heavy atom. The van der Waals surface area contributed by atoms with E-state index in [-0.39, 0.29) is 24.8 Å². The molecule has 1 unspecified atom stereocenters. The van der Waals surface area contributed by atoms with Crippen molar-refractivity contribution in [1.82, 2.24) is 0 Å². The van der Waals surface area contributed by atoms with Gasteiger partial charge in [-0.3, -0.25) is 0 Å². The second-order valence-electron chi connectivity index (χ2n) is 9.64. The van der Waals surface area contributed by atoms with Crippen LogP contribution in [0.25, 0.3) is 11.1 Å². The van der Waals surface area contributed by atoms with Gasteiger partial charge in [0.25, 0.3) is 0 Å². The van der Waals surface area contributed by atoms with Gasteiger partial charge in [-0.05, 0) is 0 Å². The largest absolute Gasteiger partial charge is 1.00 e. The number of benzene rings is 3. The fraction of sp³-hybridized carbons (Fsp3) is 0.258. The van der Waals surface area contributed by atoms with Gasteiger partial charge in [0.1, 0.15) is 0 Å². The second-order valence-corrected chi connectivity index (χ2v) is 16.0. The van der Waals surface area contributed by atoms with E-state index in [9.17, 15) is 0 Å². The van der Waals surface area contributed by atoms with E-state index < -0.39 is 21.3 Å². The van der Waals surface area contributed by atoms with E-state index in [4.69, 9.17) is 0 Å². The smallest absolute Gasteiger partial charge is 1.00 e. The molecule has 1 atom stereocenters. The van der Waals surface area contributed by atoms with Crippen LogP contribution in [-0.4, -0.2) is 3.21 Å². The van der Waals surface area contributed by atoms with Crippen LogP contribution in [0.4, 0.5) is 0 Å². The van der Waals surface area contributed by atoms with Crippen LogP contribution in [0, 0.1) is 11.8 Å². The molecule has 2 aliphatic rings. The van der Waals surface area contributed by atoms with Crippen LogP contribution < -0.4 is 28.1 Å². The summed E-state index contributed by atoms with van der Waals surface area (Å²) in [6, 6.07) is 27.3. The topological polar surface area (TPSA) is 0 Å². The molecule has 0 fully saturated rings. The molecule has 3 heteroatoms. The molecular weight excluding hydrogens is 534 g/mol. The number of fused-ring (bicyclic) bond motifs is 3. The predicted octanol–water partition coefficient (Wildman–Crippen LogP) is 1.26. The Balaban J connectivity index is 0.00000162. The predicted molar refractivity (Wildman–Crippen MR) is 135 cm³/mol. The van der Waals surface area contributed by atoms with E-state index >= 15 is 0 Å². The number of hydrogen-bond acceptors (Lipinski definition) is 0. The molecule has 5 rings (SSSR count).